The highest BCUT2D eigenvalue weighted by Crippen LogP contribution is 2.54. The molecule has 4 rings (SSSR count). The van der Waals surface area contributed by atoms with Gasteiger partial charge in [0.1, 0.15) is 17.1 Å². The van der Waals surface area contributed by atoms with Gasteiger partial charge in [-0.25, -0.2) is 0 Å². The van der Waals surface area contributed by atoms with E-state index in [2.05, 4.69) is 26.8 Å². The second-order valence-corrected chi connectivity index (χ2v) is 9.37. The lowest BCUT2D eigenvalue weighted by Gasteiger charge is -2.55. The fraction of sp³-hybridized carbons (Fsp3) is 0.440. The SMILES string of the molecule is COc1cc(/C=C/c2cc(O)cc(O)c2)cc2c1OC1(C)CCC(O)C(C)(C)C1C2. The standard InChI is InChI=1S/C25H30O5/c1-24(2)21-13-17-9-15(5-6-16-10-18(26)14-19(27)11-16)12-20(29-4)23(17)30-25(21,3)8-7-22(24)28/h5-6,9-12,14,21-22,26-28H,7-8,13H2,1-4H3/b6-5+. The van der Waals surface area contributed by atoms with Gasteiger partial charge in [-0.2, -0.15) is 0 Å². The molecule has 0 radical (unpaired) electrons. The van der Waals surface area contributed by atoms with Crippen LogP contribution in [0.3, 0.4) is 0 Å². The van der Waals surface area contributed by atoms with Crippen molar-refractivity contribution in [3.8, 4) is 23.0 Å². The molecule has 0 amide bonds. The van der Waals surface area contributed by atoms with Crippen LogP contribution in [-0.2, 0) is 6.42 Å². The largest absolute Gasteiger partial charge is 0.508 e. The Balaban J connectivity index is 1.71. The average molecular weight is 411 g/mol. The van der Waals surface area contributed by atoms with Crippen molar-refractivity contribution >= 4 is 12.2 Å². The van der Waals surface area contributed by atoms with E-state index in [1.807, 2.05) is 18.2 Å². The molecule has 2 aliphatic rings. The summed E-state index contributed by atoms with van der Waals surface area (Å²) in [6.45, 7) is 6.41. The van der Waals surface area contributed by atoms with Crippen molar-refractivity contribution in [2.45, 2.75) is 51.7 Å². The normalized spacial score (nSPS) is 27.2. The lowest BCUT2D eigenvalue weighted by Crippen LogP contribution is -2.58. The number of aromatic hydroxyl groups is 2. The Labute approximate surface area is 177 Å². The second-order valence-electron chi connectivity index (χ2n) is 9.37. The predicted molar refractivity (Wildman–Crippen MR) is 117 cm³/mol. The zero-order valence-corrected chi connectivity index (χ0v) is 18.0. The topological polar surface area (TPSA) is 79.2 Å². The summed E-state index contributed by atoms with van der Waals surface area (Å²) >= 11 is 0. The number of benzene rings is 2. The van der Waals surface area contributed by atoms with Crippen LogP contribution in [0.2, 0.25) is 0 Å². The van der Waals surface area contributed by atoms with E-state index in [0.29, 0.717) is 11.3 Å². The van der Waals surface area contributed by atoms with Gasteiger partial charge in [-0.3, -0.25) is 0 Å². The molecule has 1 fully saturated rings. The summed E-state index contributed by atoms with van der Waals surface area (Å²) in [7, 11) is 1.64. The molecule has 3 N–H and O–H groups in total. The third kappa shape index (κ3) is 3.52. The van der Waals surface area contributed by atoms with Gasteiger partial charge in [0.15, 0.2) is 11.5 Å². The van der Waals surface area contributed by atoms with Gasteiger partial charge < -0.3 is 24.8 Å². The van der Waals surface area contributed by atoms with Crippen LogP contribution in [0.4, 0.5) is 0 Å². The van der Waals surface area contributed by atoms with E-state index >= 15 is 0 Å². The van der Waals surface area contributed by atoms with Gasteiger partial charge in [0.25, 0.3) is 0 Å². The van der Waals surface area contributed by atoms with E-state index < -0.39 is 0 Å². The summed E-state index contributed by atoms with van der Waals surface area (Å²) in [5, 5.41) is 30.0. The van der Waals surface area contributed by atoms with Crippen LogP contribution >= 0.6 is 0 Å². The molecule has 1 heterocycles. The molecule has 2 aromatic rings. The molecule has 160 valence electrons. The van der Waals surface area contributed by atoms with Crippen molar-refractivity contribution in [1.82, 2.24) is 0 Å². The Morgan fingerprint density at radius 2 is 1.63 bits per heavy atom. The molecule has 0 saturated heterocycles. The van der Waals surface area contributed by atoms with E-state index in [1.54, 1.807) is 19.2 Å². The molecule has 2 aromatic carbocycles. The molecule has 3 atom stereocenters. The quantitative estimate of drug-likeness (QED) is 0.636. The number of hydrogen-bond donors (Lipinski definition) is 3. The maximum Gasteiger partial charge on any atom is 0.165 e. The second kappa shape index (κ2) is 7.24. The maximum atomic E-state index is 10.6. The van der Waals surface area contributed by atoms with Crippen molar-refractivity contribution in [2.24, 2.45) is 11.3 Å². The lowest BCUT2D eigenvalue weighted by molar-refractivity contribution is -0.138. The fourth-order valence-corrected chi connectivity index (χ4v) is 5.15. The first kappa shape index (κ1) is 20.6. The molecule has 5 nitrogen and oxygen atoms in total. The summed E-state index contributed by atoms with van der Waals surface area (Å²) in [5.74, 6) is 1.70. The Hall–Kier alpha value is -2.66. The monoisotopic (exact) mass is 410 g/mol. The van der Waals surface area contributed by atoms with Crippen LogP contribution in [0.5, 0.6) is 23.0 Å². The zero-order chi connectivity index (χ0) is 21.7. The Bertz CT molecular complexity index is 973. The minimum Gasteiger partial charge on any atom is -0.508 e. The number of aliphatic hydroxyl groups is 1. The summed E-state index contributed by atoms with van der Waals surface area (Å²) in [6, 6.07) is 8.50. The van der Waals surface area contributed by atoms with Gasteiger partial charge in [0.05, 0.1) is 13.2 Å². The summed E-state index contributed by atoms with van der Waals surface area (Å²) in [4.78, 5) is 0. The molecular weight excluding hydrogens is 380 g/mol. The van der Waals surface area contributed by atoms with Crippen molar-refractivity contribution in [2.75, 3.05) is 7.11 Å². The first-order valence-corrected chi connectivity index (χ1v) is 10.4. The highest BCUT2D eigenvalue weighted by molar-refractivity contribution is 5.73. The number of rotatable bonds is 3. The number of phenolic OH excluding ortho intramolecular Hbond substituents is 2. The Kier molecular flexibility index (Phi) is 4.97. The van der Waals surface area contributed by atoms with Crippen LogP contribution in [-0.4, -0.2) is 34.1 Å². The highest BCUT2D eigenvalue weighted by Gasteiger charge is 2.54. The maximum absolute atomic E-state index is 10.6. The number of methoxy groups -OCH3 is 1. The Morgan fingerprint density at radius 3 is 2.27 bits per heavy atom. The van der Waals surface area contributed by atoms with Crippen molar-refractivity contribution in [3.05, 3.63) is 47.0 Å². The van der Waals surface area contributed by atoms with Crippen molar-refractivity contribution in [3.63, 3.8) is 0 Å². The molecule has 0 spiro atoms. The van der Waals surface area contributed by atoms with Crippen molar-refractivity contribution in [1.29, 1.82) is 0 Å². The van der Waals surface area contributed by atoms with Crippen LogP contribution in [0.15, 0.2) is 30.3 Å². The first-order chi connectivity index (χ1) is 14.1. The van der Waals surface area contributed by atoms with Gasteiger partial charge in [-0.05, 0) is 72.6 Å². The van der Waals surface area contributed by atoms with E-state index in [4.69, 9.17) is 9.47 Å². The molecule has 1 saturated carbocycles. The van der Waals surface area contributed by atoms with Gasteiger partial charge in [0.2, 0.25) is 0 Å². The minimum absolute atomic E-state index is 0.0171. The number of aliphatic hydroxyl groups excluding tert-OH is 1. The fourth-order valence-electron chi connectivity index (χ4n) is 5.15. The van der Waals surface area contributed by atoms with Crippen LogP contribution < -0.4 is 9.47 Å². The predicted octanol–water partition coefficient (Wildman–Crippen LogP) is 4.77. The smallest absolute Gasteiger partial charge is 0.165 e. The van der Waals surface area contributed by atoms with E-state index in [1.165, 1.54) is 6.07 Å². The molecule has 1 aliphatic carbocycles. The number of phenols is 2. The van der Waals surface area contributed by atoms with Crippen LogP contribution in [0, 0.1) is 11.3 Å². The molecule has 5 heteroatoms. The van der Waals surface area contributed by atoms with Crippen LogP contribution in [0.1, 0.15) is 50.3 Å². The van der Waals surface area contributed by atoms with Crippen molar-refractivity contribution < 1.29 is 24.8 Å². The summed E-state index contributed by atoms with van der Waals surface area (Å²) in [6.07, 6.45) is 5.77. The first-order valence-electron chi connectivity index (χ1n) is 10.4. The molecule has 3 unspecified atom stereocenters. The summed E-state index contributed by atoms with van der Waals surface area (Å²) in [5.41, 5.74) is 2.12. The van der Waals surface area contributed by atoms with Gasteiger partial charge >= 0.3 is 0 Å². The van der Waals surface area contributed by atoms with Crippen LogP contribution in [0.25, 0.3) is 12.2 Å². The average Bonchev–Trinajstić information content (AvgIpc) is 2.68. The molecular formula is C25H30O5. The third-order valence-electron chi connectivity index (χ3n) is 6.93. The van der Waals surface area contributed by atoms with E-state index in [9.17, 15) is 15.3 Å². The number of ether oxygens (including phenoxy) is 2. The van der Waals surface area contributed by atoms with E-state index in [-0.39, 0.29) is 34.5 Å². The Morgan fingerprint density at radius 1 is 1.00 bits per heavy atom. The van der Waals surface area contributed by atoms with Gasteiger partial charge in [-0.1, -0.05) is 26.0 Å². The van der Waals surface area contributed by atoms with Gasteiger partial charge in [0, 0.05) is 12.0 Å². The minimum atomic E-state index is -0.343. The molecule has 0 bridgehead atoms. The van der Waals surface area contributed by atoms with E-state index in [0.717, 1.165) is 36.1 Å². The lowest BCUT2D eigenvalue weighted by atomic mass is 9.57. The molecule has 30 heavy (non-hydrogen) atoms. The van der Waals surface area contributed by atoms with Gasteiger partial charge in [-0.15, -0.1) is 0 Å². The summed E-state index contributed by atoms with van der Waals surface area (Å²) < 4.78 is 12.2. The highest BCUT2D eigenvalue weighted by atomic mass is 16.5. The zero-order valence-electron chi connectivity index (χ0n) is 18.0. The molecule has 0 aromatic heterocycles. The third-order valence-corrected chi connectivity index (χ3v) is 6.93. The number of fused-ring (bicyclic) bond motifs is 2. The number of hydrogen-bond acceptors (Lipinski definition) is 5. The molecule has 1 aliphatic heterocycles.